The predicted molar refractivity (Wildman–Crippen MR) is 125 cm³/mol. The van der Waals surface area contributed by atoms with E-state index in [1.165, 1.54) is 0 Å². The van der Waals surface area contributed by atoms with Crippen LogP contribution in [0.2, 0.25) is 0 Å². The summed E-state index contributed by atoms with van der Waals surface area (Å²) in [6, 6.07) is 12.4. The number of hydrogen-bond donors (Lipinski definition) is 2. The molecule has 1 unspecified atom stereocenters. The van der Waals surface area contributed by atoms with Gasteiger partial charge in [0, 0.05) is 22.4 Å². The van der Waals surface area contributed by atoms with Crippen molar-refractivity contribution in [1.29, 1.82) is 0 Å². The van der Waals surface area contributed by atoms with E-state index in [4.69, 9.17) is 8.83 Å². The van der Waals surface area contributed by atoms with Crippen LogP contribution in [0.15, 0.2) is 56.1 Å². The maximum atomic E-state index is 12.7. The quantitative estimate of drug-likeness (QED) is 0.418. The molecule has 33 heavy (non-hydrogen) atoms. The van der Waals surface area contributed by atoms with Crippen LogP contribution in [-0.2, 0) is 16.0 Å². The Morgan fingerprint density at radius 2 is 1.67 bits per heavy atom. The SMILES string of the molecule is Cc1oc2cc3oc(=O)c(CC(=O)NC(C(=O)O)C(C)C)c(C)c3cc2c1-c1ccccc1. The molecule has 1 amide bonds. The number of furan rings is 1. The summed E-state index contributed by atoms with van der Waals surface area (Å²) in [6.45, 7) is 7.06. The first-order valence-electron chi connectivity index (χ1n) is 10.7. The highest BCUT2D eigenvalue weighted by Gasteiger charge is 2.25. The minimum atomic E-state index is -1.12. The molecule has 0 aliphatic rings. The van der Waals surface area contributed by atoms with E-state index in [1.807, 2.05) is 43.3 Å². The molecule has 2 N–H and O–H groups in total. The number of nitrogens with one attached hydrogen (secondary N) is 1. The molecule has 0 aliphatic carbocycles. The highest BCUT2D eigenvalue weighted by atomic mass is 16.4. The Hall–Kier alpha value is -3.87. The Labute approximate surface area is 190 Å². The number of benzene rings is 2. The van der Waals surface area contributed by atoms with Crippen LogP contribution < -0.4 is 10.9 Å². The third-order valence-electron chi connectivity index (χ3n) is 5.92. The molecule has 2 aromatic heterocycles. The molecule has 7 heteroatoms. The van der Waals surface area contributed by atoms with Crippen LogP contribution in [0, 0.1) is 19.8 Å². The third-order valence-corrected chi connectivity index (χ3v) is 5.92. The number of carboxylic acid groups (broad SMARTS) is 1. The normalized spacial score (nSPS) is 12.4. The highest BCUT2D eigenvalue weighted by molar-refractivity contribution is 6.03. The largest absolute Gasteiger partial charge is 0.480 e. The summed E-state index contributed by atoms with van der Waals surface area (Å²) < 4.78 is 11.5. The first kappa shape index (κ1) is 22.3. The summed E-state index contributed by atoms with van der Waals surface area (Å²) in [5.41, 5.74) is 3.13. The molecule has 0 spiro atoms. The van der Waals surface area contributed by atoms with Gasteiger partial charge >= 0.3 is 11.6 Å². The van der Waals surface area contributed by atoms with E-state index in [1.54, 1.807) is 26.8 Å². The average Bonchev–Trinajstić information content (AvgIpc) is 3.08. The number of amides is 1. The topological polar surface area (TPSA) is 110 Å². The molecule has 0 radical (unpaired) electrons. The third kappa shape index (κ3) is 4.14. The number of carboxylic acids is 1. The van der Waals surface area contributed by atoms with E-state index < -0.39 is 23.5 Å². The van der Waals surface area contributed by atoms with Crippen molar-refractivity contribution in [2.45, 2.75) is 40.2 Å². The molecule has 2 aromatic carbocycles. The first-order chi connectivity index (χ1) is 15.7. The van der Waals surface area contributed by atoms with Gasteiger partial charge in [0.15, 0.2) is 0 Å². The fraction of sp³-hybridized carbons (Fsp3) is 0.269. The molecule has 0 fully saturated rings. The van der Waals surface area contributed by atoms with Gasteiger partial charge in [-0.2, -0.15) is 0 Å². The lowest BCUT2D eigenvalue weighted by Gasteiger charge is -2.18. The maximum Gasteiger partial charge on any atom is 0.340 e. The molecule has 0 saturated carbocycles. The van der Waals surface area contributed by atoms with Gasteiger partial charge in [-0.05, 0) is 37.0 Å². The summed E-state index contributed by atoms with van der Waals surface area (Å²) >= 11 is 0. The fourth-order valence-electron chi connectivity index (χ4n) is 4.17. The Balaban J connectivity index is 1.80. The van der Waals surface area contributed by atoms with Gasteiger partial charge in [0.2, 0.25) is 5.91 Å². The molecular formula is C26H25NO6. The standard InChI is InChI=1S/C26H25NO6/c1-13(2)24(25(29)30)27-22(28)11-18-14(3)17-10-19-21(12-20(17)33-26(18)31)32-15(4)23(19)16-8-6-5-7-9-16/h5-10,12-13,24H,11H2,1-4H3,(H,27,28)(H,29,30). The minimum Gasteiger partial charge on any atom is -0.480 e. The summed E-state index contributed by atoms with van der Waals surface area (Å²) in [5.74, 6) is -1.21. The summed E-state index contributed by atoms with van der Waals surface area (Å²) in [4.78, 5) is 36.6. The zero-order valence-electron chi connectivity index (χ0n) is 18.9. The van der Waals surface area contributed by atoms with E-state index in [2.05, 4.69) is 5.32 Å². The smallest absolute Gasteiger partial charge is 0.340 e. The molecule has 1 atom stereocenters. The Kier molecular flexibility index (Phi) is 5.80. The van der Waals surface area contributed by atoms with Gasteiger partial charge < -0.3 is 19.3 Å². The molecular weight excluding hydrogens is 422 g/mol. The van der Waals surface area contributed by atoms with Gasteiger partial charge in [0.05, 0.1) is 12.0 Å². The summed E-state index contributed by atoms with van der Waals surface area (Å²) in [6.07, 6.45) is -0.269. The number of aliphatic carboxylic acids is 1. The van der Waals surface area contributed by atoms with E-state index in [9.17, 15) is 19.5 Å². The monoisotopic (exact) mass is 447 g/mol. The predicted octanol–water partition coefficient (Wildman–Crippen LogP) is 4.59. The van der Waals surface area contributed by atoms with Crippen molar-refractivity contribution < 1.29 is 23.5 Å². The average molecular weight is 447 g/mol. The molecule has 0 saturated heterocycles. The van der Waals surface area contributed by atoms with Gasteiger partial charge in [0.1, 0.15) is 23.0 Å². The lowest BCUT2D eigenvalue weighted by molar-refractivity contribution is -0.143. The van der Waals surface area contributed by atoms with Crippen molar-refractivity contribution in [2.75, 3.05) is 0 Å². The molecule has 0 bridgehead atoms. The van der Waals surface area contributed by atoms with Crippen LogP contribution in [0.25, 0.3) is 33.1 Å². The Morgan fingerprint density at radius 1 is 1.00 bits per heavy atom. The first-order valence-corrected chi connectivity index (χ1v) is 10.7. The van der Waals surface area contributed by atoms with Crippen molar-refractivity contribution in [1.82, 2.24) is 5.32 Å². The van der Waals surface area contributed by atoms with Crippen molar-refractivity contribution in [2.24, 2.45) is 5.92 Å². The molecule has 4 aromatic rings. The van der Waals surface area contributed by atoms with E-state index in [-0.39, 0.29) is 17.9 Å². The highest BCUT2D eigenvalue weighted by Crippen LogP contribution is 2.37. The lowest BCUT2D eigenvalue weighted by atomic mass is 9.98. The number of carbonyl (C=O) groups excluding carboxylic acids is 1. The molecule has 0 aliphatic heterocycles. The van der Waals surface area contributed by atoms with Crippen molar-refractivity contribution in [3.63, 3.8) is 0 Å². The fourth-order valence-corrected chi connectivity index (χ4v) is 4.17. The number of carbonyl (C=O) groups is 2. The number of aryl methyl sites for hydroxylation is 2. The van der Waals surface area contributed by atoms with Gasteiger partial charge in [0.25, 0.3) is 0 Å². The van der Waals surface area contributed by atoms with E-state index in [0.29, 0.717) is 22.1 Å². The van der Waals surface area contributed by atoms with Crippen LogP contribution in [0.5, 0.6) is 0 Å². The van der Waals surface area contributed by atoms with Gasteiger partial charge in [-0.15, -0.1) is 0 Å². The van der Waals surface area contributed by atoms with Crippen molar-refractivity contribution in [3.8, 4) is 11.1 Å². The lowest BCUT2D eigenvalue weighted by Crippen LogP contribution is -2.45. The van der Waals surface area contributed by atoms with E-state index in [0.717, 1.165) is 22.3 Å². The molecule has 2 heterocycles. The maximum absolute atomic E-state index is 12.7. The number of rotatable bonds is 6. The minimum absolute atomic E-state index is 0.203. The molecule has 170 valence electrons. The second-order valence-electron chi connectivity index (χ2n) is 8.54. The van der Waals surface area contributed by atoms with Gasteiger partial charge in [-0.1, -0.05) is 44.2 Å². The number of hydrogen-bond acceptors (Lipinski definition) is 5. The Bertz CT molecular complexity index is 1430. The molecule has 7 nitrogen and oxygen atoms in total. The zero-order chi connectivity index (χ0) is 23.9. The zero-order valence-corrected chi connectivity index (χ0v) is 18.9. The van der Waals surface area contributed by atoms with Crippen LogP contribution >= 0.6 is 0 Å². The summed E-state index contributed by atoms with van der Waals surface area (Å²) in [5, 5.41) is 13.4. The van der Waals surface area contributed by atoms with Crippen molar-refractivity contribution >= 4 is 33.8 Å². The van der Waals surface area contributed by atoms with Crippen LogP contribution in [-0.4, -0.2) is 23.0 Å². The number of fused-ring (bicyclic) bond motifs is 2. The van der Waals surface area contributed by atoms with Crippen LogP contribution in [0.1, 0.15) is 30.7 Å². The van der Waals surface area contributed by atoms with Gasteiger partial charge in [-0.25, -0.2) is 9.59 Å². The van der Waals surface area contributed by atoms with E-state index >= 15 is 0 Å². The van der Waals surface area contributed by atoms with Crippen molar-refractivity contribution in [3.05, 3.63) is 69.8 Å². The summed E-state index contributed by atoms with van der Waals surface area (Å²) in [7, 11) is 0. The second kappa shape index (κ2) is 8.58. The second-order valence-corrected chi connectivity index (χ2v) is 8.54. The Morgan fingerprint density at radius 3 is 2.30 bits per heavy atom. The van der Waals surface area contributed by atoms with Crippen LogP contribution in [0.3, 0.4) is 0 Å². The van der Waals surface area contributed by atoms with Gasteiger partial charge in [-0.3, -0.25) is 4.79 Å². The molecule has 4 rings (SSSR count). The van der Waals surface area contributed by atoms with Crippen LogP contribution in [0.4, 0.5) is 0 Å².